The third-order valence-electron chi connectivity index (χ3n) is 3.21. The Bertz CT molecular complexity index is 631. The van der Waals surface area contributed by atoms with Gasteiger partial charge in [0.1, 0.15) is 11.5 Å². The van der Waals surface area contributed by atoms with E-state index in [-0.39, 0.29) is 17.3 Å². The highest BCUT2D eigenvalue weighted by atomic mass is 19.4. The highest BCUT2D eigenvalue weighted by Gasteiger charge is 2.35. The molecule has 1 aliphatic rings. The van der Waals surface area contributed by atoms with Gasteiger partial charge >= 0.3 is 6.18 Å². The van der Waals surface area contributed by atoms with Gasteiger partial charge in [-0.1, -0.05) is 5.21 Å². The molecule has 8 heteroatoms. The molecule has 0 atom stereocenters. The molecule has 0 amide bonds. The molecule has 20 heavy (non-hydrogen) atoms. The molecule has 4 nitrogen and oxygen atoms in total. The van der Waals surface area contributed by atoms with Gasteiger partial charge < -0.3 is 5.32 Å². The average Bonchev–Trinajstić information content (AvgIpc) is 2.74. The van der Waals surface area contributed by atoms with Crippen molar-refractivity contribution in [3.05, 3.63) is 35.8 Å². The Hall–Kier alpha value is -1.96. The molecule has 2 aromatic rings. The lowest BCUT2D eigenvalue weighted by Crippen LogP contribution is -2.43. The van der Waals surface area contributed by atoms with Gasteiger partial charge in [-0.2, -0.15) is 13.2 Å². The first-order chi connectivity index (χ1) is 9.45. The zero-order chi connectivity index (χ0) is 14.3. The Labute approximate surface area is 111 Å². The summed E-state index contributed by atoms with van der Waals surface area (Å²) in [5.74, 6) is -0.934. The van der Waals surface area contributed by atoms with Crippen molar-refractivity contribution in [3.63, 3.8) is 0 Å². The molecular formula is C12H10F4N4. The first-order valence-corrected chi connectivity index (χ1v) is 5.95. The molecule has 1 N–H and O–H groups in total. The molecule has 1 aliphatic heterocycles. The summed E-state index contributed by atoms with van der Waals surface area (Å²) in [7, 11) is 0. The van der Waals surface area contributed by atoms with Crippen LogP contribution in [0.3, 0.4) is 0 Å². The number of alkyl halides is 3. The minimum atomic E-state index is -4.64. The summed E-state index contributed by atoms with van der Waals surface area (Å²) in [6.07, 6.45) is -3.19. The van der Waals surface area contributed by atoms with Crippen LogP contribution in [0.25, 0.3) is 11.3 Å². The Morgan fingerprint density at radius 2 is 2.00 bits per heavy atom. The van der Waals surface area contributed by atoms with Crippen molar-refractivity contribution >= 4 is 0 Å². The summed E-state index contributed by atoms with van der Waals surface area (Å²) in [4.78, 5) is 0. The number of halogens is 4. The largest absolute Gasteiger partial charge is 0.417 e. The molecule has 3 rings (SSSR count). The fourth-order valence-corrected chi connectivity index (χ4v) is 2.01. The lowest BCUT2D eigenvalue weighted by molar-refractivity contribution is -0.137. The summed E-state index contributed by atoms with van der Waals surface area (Å²) in [5, 5.41) is 10.6. The molecule has 0 aliphatic carbocycles. The van der Waals surface area contributed by atoms with Gasteiger partial charge in [0.2, 0.25) is 0 Å². The highest BCUT2D eigenvalue weighted by Crippen LogP contribution is 2.36. The van der Waals surface area contributed by atoms with Crippen LogP contribution in [0.4, 0.5) is 17.6 Å². The van der Waals surface area contributed by atoms with E-state index in [1.165, 1.54) is 10.9 Å². The first kappa shape index (κ1) is 13.0. The van der Waals surface area contributed by atoms with Crippen molar-refractivity contribution in [2.24, 2.45) is 0 Å². The molecule has 0 bridgehead atoms. The molecule has 1 aromatic heterocycles. The highest BCUT2D eigenvalue weighted by molar-refractivity contribution is 5.63. The van der Waals surface area contributed by atoms with E-state index >= 15 is 0 Å². The van der Waals surface area contributed by atoms with Gasteiger partial charge in [-0.05, 0) is 18.2 Å². The van der Waals surface area contributed by atoms with Gasteiger partial charge in [0.05, 0.1) is 17.8 Å². The van der Waals surface area contributed by atoms with Crippen LogP contribution in [0.15, 0.2) is 24.4 Å². The van der Waals surface area contributed by atoms with Crippen LogP contribution in [-0.2, 0) is 6.18 Å². The number of nitrogens with one attached hydrogen (secondary N) is 1. The number of aromatic nitrogens is 3. The van der Waals surface area contributed by atoms with Gasteiger partial charge in [0, 0.05) is 18.7 Å². The molecule has 2 heterocycles. The number of hydrogen-bond acceptors (Lipinski definition) is 3. The molecular weight excluding hydrogens is 276 g/mol. The van der Waals surface area contributed by atoms with E-state index in [2.05, 4.69) is 15.6 Å². The van der Waals surface area contributed by atoms with Crippen LogP contribution in [-0.4, -0.2) is 28.1 Å². The summed E-state index contributed by atoms with van der Waals surface area (Å²) >= 11 is 0. The lowest BCUT2D eigenvalue weighted by Gasteiger charge is -2.26. The van der Waals surface area contributed by atoms with E-state index in [0.29, 0.717) is 19.2 Å². The minimum absolute atomic E-state index is 0.0872. The normalized spacial score (nSPS) is 16.2. The van der Waals surface area contributed by atoms with Gasteiger partial charge in [-0.25, -0.2) is 9.07 Å². The number of hydrogen-bond donors (Lipinski definition) is 1. The van der Waals surface area contributed by atoms with Crippen LogP contribution in [0.2, 0.25) is 0 Å². The van der Waals surface area contributed by atoms with Gasteiger partial charge in [-0.15, -0.1) is 5.10 Å². The standard InChI is InChI=1S/C12H10F4N4/c13-7-1-2-9(10(3-7)12(14,15)16)11-6-20(19-18-11)8-4-17-5-8/h1-3,6,8,17H,4-5H2. The van der Waals surface area contributed by atoms with E-state index in [9.17, 15) is 17.6 Å². The molecule has 1 fully saturated rings. The zero-order valence-electron chi connectivity index (χ0n) is 10.2. The summed E-state index contributed by atoms with van der Waals surface area (Å²) < 4.78 is 53.3. The Kier molecular flexibility index (Phi) is 2.97. The van der Waals surface area contributed by atoms with Crippen molar-refractivity contribution in [1.29, 1.82) is 0 Å². The van der Waals surface area contributed by atoms with Crippen LogP contribution in [0.1, 0.15) is 11.6 Å². The van der Waals surface area contributed by atoms with E-state index in [4.69, 9.17) is 0 Å². The quantitative estimate of drug-likeness (QED) is 0.861. The van der Waals surface area contributed by atoms with Crippen molar-refractivity contribution in [2.45, 2.75) is 12.2 Å². The third-order valence-corrected chi connectivity index (χ3v) is 3.21. The maximum absolute atomic E-state index is 13.0. The third kappa shape index (κ3) is 2.26. The second-order valence-electron chi connectivity index (χ2n) is 4.58. The maximum atomic E-state index is 13.0. The lowest BCUT2D eigenvalue weighted by atomic mass is 10.0. The number of benzene rings is 1. The Morgan fingerprint density at radius 3 is 2.60 bits per heavy atom. The Balaban J connectivity index is 2.02. The van der Waals surface area contributed by atoms with Gasteiger partial charge in [-0.3, -0.25) is 0 Å². The van der Waals surface area contributed by atoms with E-state index in [1.54, 1.807) is 0 Å². The molecule has 0 radical (unpaired) electrons. The molecule has 106 valence electrons. The van der Waals surface area contributed by atoms with Crippen molar-refractivity contribution < 1.29 is 17.6 Å². The molecule has 0 spiro atoms. The van der Waals surface area contributed by atoms with Crippen molar-refractivity contribution in [3.8, 4) is 11.3 Å². The number of nitrogens with zero attached hydrogens (tertiary/aromatic N) is 3. The van der Waals surface area contributed by atoms with Crippen molar-refractivity contribution in [1.82, 2.24) is 20.3 Å². The summed E-state index contributed by atoms with van der Waals surface area (Å²) in [6.45, 7) is 1.41. The minimum Gasteiger partial charge on any atom is -0.312 e. The summed E-state index contributed by atoms with van der Waals surface area (Å²) in [5.41, 5.74) is -1.13. The number of rotatable bonds is 2. The van der Waals surface area contributed by atoms with Gasteiger partial charge in [0.25, 0.3) is 0 Å². The second kappa shape index (κ2) is 4.55. The van der Waals surface area contributed by atoms with Crippen LogP contribution >= 0.6 is 0 Å². The van der Waals surface area contributed by atoms with E-state index < -0.39 is 17.6 Å². The van der Waals surface area contributed by atoms with E-state index in [1.807, 2.05) is 0 Å². The smallest absolute Gasteiger partial charge is 0.312 e. The van der Waals surface area contributed by atoms with E-state index in [0.717, 1.165) is 12.1 Å². The fraction of sp³-hybridized carbons (Fsp3) is 0.333. The van der Waals surface area contributed by atoms with Crippen LogP contribution < -0.4 is 5.32 Å². The topological polar surface area (TPSA) is 42.7 Å². The molecule has 1 aromatic carbocycles. The second-order valence-corrected chi connectivity index (χ2v) is 4.58. The summed E-state index contributed by atoms with van der Waals surface area (Å²) in [6, 6.07) is 2.63. The van der Waals surface area contributed by atoms with Gasteiger partial charge in [0.15, 0.2) is 0 Å². The fourth-order valence-electron chi connectivity index (χ4n) is 2.01. The molecule has 0 unspecified atom stereocenters. The predicted octanol–water partition coefficient (Wildman–Crippen LogP) is 2.25. The Morgan fingerprint density at radius 1 is 1.25 bits per heavy atom. The predicted molar refractivity (Wildman–Crippen MR) is 62.3 cm³/mol. The molecule has 1 saturated heterocycles. The maximum Gasteiger partial charge on any atom is 0.417 e. The zero-order valence-corrected chi connectivity index (χ0v) is 10.2. The molecule has 0 saturated carbocycles. The first-order valence-electron chi connectivity index (χ1n) is 5.95. The van der Waals surface area contributed by atoms with Crippen LogP contribution in [0.5, 0.6) is 0 Å². The van der Waals surface area contributed by atoms with Crippen LogP contribution in [0, 0.1) is 5.82 Å². The monoisotopic (exact) mass is 286 g/mol. The van der Waals surface area contributed by atoms with Crippen molar-refractivity contribution in [2.75, 3.05) is 13.1 Å². The average molecular weight is 286 g/mol. The SMILES string of the molecule is Fc1ccc(-c2cn(C3CNC3)nn2)c(C(F)(F)F)c1.